The zero-order chi connectivity index (χ0) is 14.2. The van der Waals surface area contributed by atoms with Crippen molar-refractivity contribution in [1.82, 2.24) is 14.3 Å². The van der Waals surface area contributed by atoms with Gasteiger partial charge in [-0.3, -0.25) is 0 Å². The van der Waals surface area contributed by atoms with Gasteiger partial charge in [-0.15, -0.1) is 0 Å². The van der Waals surface area contributed by atoms with E-state index in [1.165, 1.54) is 22.8 Å². The van der Waals surface area contributed by atoms with Crippen LogP contribution in [0.2, 0.25) is 5.02 Å². The van der Waals surface area contributed by atoms with Gasteiger partial charge in [0, 0.05) is 42.0 Å². The molecule has 1 aromatic carbocycles. The van der Waals surface area contributed by atoms with Crippen molar-refractivity contribution in [3.8, 4) is 0 Å². The summed E-state index contributed by atoms with van der Waals surface area (Å²) in [6.45, 7) is 0.732. The monoisotopic (exact) mass is 309 g/mol. The zero-order valence-electron chi connectivity index (χ0n) is 10.5. The van der Waals surface area contributed by atoms with Crippen LogP contribution < -0.4 is 0 Å². The number of hydrogen-bond donors (Lipinski definition) is 0. The van der Waals surface area contributed by atoms with E-state index < -0.39 is 10.0 Å². The van der Waals surface area contributed by atoms with Crippen LogP contribution in [0, 0.1) is 0 Å². The third kappa shape index (κ3) is 2.42. The normalized spacial score (nSPS) is 15.8. The van der Waals surface area contributed by atoms with Gasteiger partial charge in [0.15, 0.2) is 0 Å². The van der Waals surface area contributed by atoms with Crippen LogP contribution in [-0.4, -0.2) is 29.2 Å². The molecule has 0 amide bonds. The van der Waals surface area contributed by atoms with Crippen molar-refractivity contribution in [1.29, 1.82) is 0 Å². The summed E-state index contributed by atoms with van der Waals surface area (Å²) in [4.78, 5) is 8.37. The minimum Gasteiger partial charge on any atom is -0.244 e. The molecule has 3 rings (SSSR count). The third-order valence-electron chi connectivity index (χ3n) is 3.28. The Kier molecular flexibility index (Phi) is 3.45. The van der Waals surface area contributed by atoms with Crippen LogP contribution in [-0.2, 0) is 23.0 Å². The minimum absolute atomic E-state index is 0.252. The first-order valence-electron chi connectivity index (χ1n) is 6.11. The molecule has 7 heteroatoms. The second kappa shape index (κ2) is 5.12. The Hall–Kier alpha value is -1.50. The van der Waals surface area contributed by atoms with Gasteiger partial charge in [0.25, 0.3) is 0 Å². The zero-order valence-corrected chi connectivity index (χ0v) is 12.1. The van der Waals surface area contributed by atoms with Gasteiger partial charge in [-0.1, -0.05) is 11.6 Å². The lowest BCUT2D eigenvalue weighted by Crippen LogP contribution is -2.36. The first-order chi connectivity index (χ1) is 9.57. The molecule has 0 spiro atoms. The molecule has 0 fully saturated rings. The van der Waals surface area contributed by atoms with Crippen molar-refractivity contribution in [2.24, 2.45) is 0 Å². The van der Waals surface area contributed by atoms with Crippen molar-refractivity contribution in [2.45, 2.75) is 17.9 Å². The van der Waals surface area contributed by atoms with E-state index in [4.69, 9.17) is 11.6 Å². The molecule has 0 saturated carbocycles. The Morgan fingerprint density at radius 3 is 2.70 bits per heavy atom. The lowest BCUT2D eigenvalue weighted by Gasteiger charge is -2.27. The number of nitrogens with zero attached hydrogens (tertiary/aromatic N) is 3. The average Bonchev–Trinajstić information content (AvgIpc) is 2.47. The minimum atomic E-state index is -3.50. The molecule has 0 atom stereocenters. The van der Waals surface area contributed by atoms with Crippen molar-refractivity contribution < 1.29 is 8.42 Å². The van der Waals surface area contributed by atoms with Gasteiger partial charge in [-0.25, -0.2) is 18.4 Å². The van der Waals surface area contributed by atoms with Crippen LogP contribution >= 0.6 is 11.6 Å². The van der Waals surface area contributed by atoms with Crippen LogP contribution in [0.3, 0.4) is 0 Å². The molecule has 0 aliphatic carbocycles. The fourth-order valence-corrected chi connectivity index (χ4v) is 3.75. The molecule has 0 bridgehead atoms. The SMILES string of the molecule is O=S(=O)(c1ccc(Cl)cc1)N1CCc2ncncc2C1. The number of halogens is 1. The van der Waals surface area contributed by atoms with Crippen molar-refractivity contribution >= 4 is 21.6 Å². The number of hydrogen-bond acceptors (Lipinski definition) is 4. The van der Waals surface area contributed by atoms with Gasteiger partial charge >= 0.3 is 0 Å². The molecule has 1 aromatic heterocycles. The first kappa shape index (κ1) is 13.5. The van der Waals surface area contributed by atoms with Gasteiger partial charge in [0.05, 0.1) is 4.90 Å². The van der Waals surface area contributed by atoms with Crippen molar-refractivity contribution in [3.63, 3.8) is 0 Å². The highest BCUT2D eigenvalue weighted by atomic mass is 35.5. The molecule has 0 saturated heterocycles. The number of aromatic nitrogens is 2. The second-order valence-corrected chi connectivity index (χ2v) is 6.91. The van der Waals surface area contributed by atoms with Crippen LogP contribution in [0.1, 0.15) is 11.3 Å². The van der Waals surface area contributed by atoms with E-state index in [9.17, 15) is 8.42 Å². The standard InChI is InChI=1S/C13H12ClN3O2S/c14-11-1-3-12(4-2-11)20(18,19)17-6-5-13-10(8-17)7-15-9-16-13/h1-4,7,9H,5-6,8H2. The lowest BCUT2D eigenvalue weighted by atomic mass is 10.1. The van der Waals surface area contributed by atoms with E-state index in [2.05, 4.69) is 9.97 Å². The van der Waals surface area contributed by atoms with Gasteiger partial charge in [-0.2, -0.15) is 4.31 Å². The fraction of sp³-hybridized carbons (Fsp3) is 0.231. The quantitative estimate of drug-likeness (QED) is 0.849. The fourth-order valence-electron chi connectivity index (χ4n) is 2.20. The average molecular weight is 310 g/mol. The Labute approximate surface area is 122 Å². The van der Waals surface area contributed by atoms with Crippen LogP contribution in [0.5, 0.6) is 0 Å². The maximum absolute atomic E-state index is 12.6. The van der Waals surface area contributed by atoms with Gasteiger partial charge in [0.1, 0.15) is 6.33 Å². The molecule has 20 heavy (non-hydrogen) atoms. The smallest absolute Gasteiger partial charge is 0.243 e. The molecule has 2 heterocycles. The van der Waals surface area contributed by atoms with E-state index in [1.54, 1.807) is 18.3 Å². The largest absolute Gasteiger partial charge is 0.244 e. The van der Waals surface area contributed by atoms with Crippen LogP contribution in [0.25, 0.3) is 0 Å². The first-order valence-corrected chi connectivity index (χ1v) is 7.92. The van der Waals surface area contributed by atoms with E-state index in [1.807, 2.05) is 0 Å². The molecule has 104 valence electrons. The maximum atomic E-state index is 12.6. The van der Waals surface area contributed by atoms with E-state index in [-0.39, 0.29) is 4.90 Å². The van der Waals surface area contributed by atoms with Crippen molar-refractivity contribution in [3.05, 3.63) is 53.1 Å². The summed E-state index contributed by atoms with van der Waals surface area (Å²) in [5, 5.41) is 0.515. The van der Waals surface area contributed by atoms with Gasteiger partial charge in [-0.05, 0) is 24.3 Å². The maximum Gasteiger partial charge on any atom is 0.243 e. The molecule has 1 aliphatic heterocycles. The molecular weight excluding hydrogens is 298 g/mol. The summed E-state index contributed by atoms with van der Waals surface area (Å²) in [5.74, 6) is 0. The summed E-state index contributed by atoms with van der Waals surface area (Å²) in [5.41, 5.74) is 1.78. The Morgan fingerprint density at radius 2 is 1.95 bits per heavy atom. The summed E-state index contributed by atoms with van der Waals surface area (Å²) < 4.78 is 26.5. The molecule has 0 unspecified atom stereocenters. The van der Waals surface area contributed by atoms with Crippen LogP contribution in [0.4, 0.5) is 0 Å². The Balaban J connectivity index is 1.92. The summed E-state index contributed by atoms with van der Waals surface area (Å²) in [6.07, 6.45) is 3.76. The lowest BCUT2D eigenvalue weighted by molar-refractivity contribution is 0.387. The summed E-state index contributed by atoms with van der Waals surface area (Å²) in [6, 6.07) is 6.20. The van der Waals surface area contributed by atoms with Crippen molar-refractivity contribution in [2.75, 3.05) is 6.54 Å². The molecule has 2 aromatic rings. The van der Waals surface area contributed by atoms with E-state index in [0.29, 0.717) is 24.5 Å². The third-order valence-corrected chi connectivity index (χ3v) is 5.39. The summed E-state index contributed by atoms with van der Waals surface area (Å²) in [7, 11) is -3.50. The number of rotatable bonds is 2. The number of fused-ring (bicyclic) bond motifs is 1. The Morgan fingerprint density at radius 1 is 1.20 bits per heavy atom. The topological polar surface area (TPSA) is 63.2 Å². The molecule has 1 aliphatic rings. The molecule has 0 radical (unpaired) electrons. The highest BCUT2D eigenvalue weighted by molar-refractivity contribution is 7.89. The summed E-state index contributed by atoms with van der Waals surface area (Å²) >= 11 is 5.79. The van der Waals surface area contributed by atoms with E-state index >= 15 is 0 Å². The van der Waals surface area contributed by atoms with Gasteiger partial charge < -0.3 is 0 Å². The molecule has 5 nitrogen and oxygen atoms in total. The number of sulfonamides is 1. The van der Waals surface area contributed by atoms with Crippen LogP contribution in [0.15, 0.2) is 41.7 Å². The molecular formula is C13H12ClN3O2S. The van der Waals surface area contributed by atoms with E-state index in [0.717, 1.165) is 11.3 Å². The highest BCUT2D eigenvalue weighted by Gasteiger charge is 2.28. The highest BCUT2D eigenvalue weighted by Crippen LogP contribution is 2.24. The predicted octanol–water partition coefficient (Wildman–Crippen LogP) is 1.88. The number of benzene rings is 1. The Bertz CT molecular complexity index is 732. The predicted molar refractivity (Wildman–Crippen MR) is 74.8 cm³/mol. The van der Waals surface area contributed by atoms with Gasteiger partial charge in [0.2, 0.25) is 10.0 Å². The molecule has 0 N–H and O–H groups in total. The second-order valence-electron chi connectivity index (χ2n) is 4.54.